The van der Waals surface area contributed by atoms with E-state index >= 15 is 0 Å². The summed E-state index contributed by atoms with van der Waals surface area (Å²) in [4.78, 5) is 40.5. The van der Waals surface area contributed by atoms with Crippen molar-refractivity contribution in [1.82, 2.24) is 9.80 Å². The van der Waals surface area contributed by atoms with Crippen molar-refractivity contribution in [3.63, 3.8) is 0 Å². The quantitative estimate of drug-likeness (QED) is 0.726. The molecule has 1 aromatic rings. The van der Waals surface area contributed by atoms with Crippen molar-refractivity contribution in [2.75, 3.05) is 19.6 Å². The fraction of sp³-hybridized carbons (Fsp3) is 0.571. The van der Waals surface area contributed by atoms with Crippen LogP contribution < -0.4 is 4.74 Å². The van der Waals surface area contributed by atoms with E-state index in [1.165, 1.54) is 19.1 Å². The predicted molar refractivity (Wildman–Crippen MR) is 101 cm³/mol. The predicted octanol–water partition coefficient (Wildman–Crippen LogP) is 2.65. The fourth-order valence-electron chi connectivity index (χ4n) is 4.17. The molecule has 29 heavy (non-hydrogen) atoms. The number of hydrogen-bond donors (Lipinski definition) is 0. The summed E-state index contributed by atoms with van der Waals surface area (Å²) in [6.45, 7) is 0.268. The highest BCUT2D eigenvalue weighted by molar-refractivity contribution is 5.88. The van der Waals surface area contributed by atoms with Gasteiger partial charge in [0.1, 0.15) is 17.6 Å². The maximum absolute atomic E-state index is 12.8. The molecule has 2 aliphatic rings. The van der Waals surface area contributed by atoms with Crippen LogP contribution in [0.5, 0.6) is 5.75 Å². The minimum atomic E-state index is -2.87. The number of amides is 2. The number of piperidine rings is 1. The molecular weight excluding hydrogens is 382 g/mol. The van der Waals surface area contributed by atoms with Gasteiger partial charge in [-0.2, -0.15) is 8.78 Å². The van der Waals surface area contributed by atoms with Crippen LogP contribution in [-0.4, -0.2) is 59.7 Å². The summed E-state index contributed by atoms with van der Waals surface area (Å²) in [5.74, 6) is -0.0574. The Labute approximate surface area is 168 Å². The molecule has 0 aromatic heterocycles. The third-order valence-electron chi connectivity index (χ3n) is 5.73. The lowest BCUT2D eigenvalue weighted by atomic mass is 9.89. The van der Waals surface area contributed by atoms with Gasteiger partial charge >= 0.3 is 6.61 Å². The highest BCUT2D eigenvalue weighted by Crippen LogP contribution is 2.25. The van der Waals surface area contributed by atoms with Crippen LogP contribution >= 0.6 is 0 Å². The number of carbonyl (C=O) groups excluding carboxylic acids is 3. The third kappa shape index (κ3) is 5.31. The molecule has 1 aromatic carbocycles. The maximum Gasteiger partial charge on any atom is 0.387 e. The summed E-state index contributed by atoms with van der Waals surface area (Å²) in [6, 6.07) is 5.72. The van der Waals surface area contributed by atoms with E-state index in [0.29, 0.717) is 38.9 Å². The Kier molecular flexibility index (Phi) is 6.82. The lowest BCUT2D eigenvalue weighted by molar-refractivity contribution is -0.144. The molecule has 1 atom stereocenters. The number of rotatable bonds is 6. The highest BCUT2D eigenvalue weighted by Gasteiger charge is 2.37. The minimum Gasteiger partial charge on any atom is -0.435 e. The maximum atomic E-state index is 12.8. The van der Waals surface area contributed by atoms with Crippen molar-refractivity contribution in [2.45, 2.75) is 51.7 Å². The summed E-state index contributed by atoms with van der Waals surface area (Å²) < 4.78 is 28.7. The van der Waals surface area contributed by atoms with E-state index in [1.807, 2.05) is 0 Å². The molecule has 0 radical (unpaired) electrons. The molecule has 8 heteroatoms. The summed E-state index contributed by atoms with van der Waals surface area (Å²) in [6.07, 6.45) is 2.97. The van der Waals surface area contributed by atoms with Gasteiger partial charge in [0.05, 0.1) is 0 Å². The summed E-state index contributed by atoms with van der Waals surface area (Å²) in [5, 5.41) is 0. The van der Waals surface area contributed by atoms with E-state index in [0.717, 1.165) is 12.0 Å². The zero-order chi connectivity index (χ0) is 21.0. The number of nitrogens with zero attached hydrogens (tertiary/aromatic N) is 2. The first-order valence-electron chi connectivity index (χ1n) is 9.97. The first-order valence-corrected chi connectivity index (χ1v) is 9.97. The average Bonchev–Trinajstić information content (AvgIpc) is 3.19. The minimum absolute atomic E-state index is 0.0155. The van der Waals surface area contributed by atoms with Gasteiger partial charge < -0.3 is 14.5 Å². The molecule has 0 bridgehead atoms. The fourth-order valence-corrected chi connectivity index (χ4v) is 4.17. The molecule has 0 spiro atoms. The van der Waals surface area contributed by atoms with Crippen molar-refractivity contribution < 1.29 is 27.9 Å². The van der Waals surface area contributed by atoms with E-state index in [9.17, 15) is 23.2 Å². The van der Waals surface area contributed by atoms with Gasteiger partial charge in [-0.15, -0.1) is 0 Å². The largest absolute Gasteiger partial charge is 0.435 e. The Bertz CT molecular complexity index is 746. The number of benzene rings is 1. The monoisotopic (exact) mass is 408 g/mol. The number of alkyl halides is 2. The zero-order valence-corrected chi connectivity index (χ0v) is 16.5. The normalized spacial score (nSPS) is 20.2. The van der Waals surface area contributed by atoms with Gasteiger partial charge in [-0.05, 0) is 43.4 Å². The van der Waals surface area contributed by atoms with Crippen molar-refractivity contribution in [3.05, 3.63) is 29.8 Å². The Morgan fingerprint density at radius 3 is 2.31 bits per heavy atom. The second-order valence-corrected chi connectivity index (χ2v) is 7.64. The van der Waals surface area contributed by atoms with Gasteiger partial charge in [-0.25, -0.2) is 0 Å². The first kappa shape index (κ1) is 21.2. The molecule has 3 rings (SSSR count). The van der Waals surface area contributed by atoms with Crippen LogP contribution in [0, 0.1) is 5.92 Å². The number of carbonyl (C=O) groups is 3. The summed E-state index contributed by atoms with van der Waals surface area (Å²) in [5.41, 5.74) is 0.748. The van der Waals surface area contributed by atoms with Crippen LogP contribution in [0.1, 0.15) is 38.2 Å². The van der Waals surface area contributed by atoms with E-state index in [2.05, 4.69) is 4.74 Å². The Morgan fingerprint density at radius 2 is 1.72 bits per heavy atom. The standard InChI is InChI=1S/C21H26F2N2O4/c1-14(26)25-10-2-3-18(25)20(28)24-11-8-16(9-12-24)19(27)13-15-4-6-17(7-5-15)29-21(22)23/h4-7,16,18,21H,2-3,8-13H2,1H3/t18-/m1/s1. The molecule has 2 fully saturated rings. The van der Waals surface area contributed by atoms with Crippen LogP contribution in [0.25, 0.3) is 0 Å². The molecule has 0 N–H and O–H groups in total. The second kappa shape index (κ2) is 9.33. The molecule has 2 heterocycles. The first-order chi connectivity index (χ1) is 13.8. The van der Waals surface area contributed by atoms with E-state index < -0.39 is 6.61 Å². The highest BCUT2D eigenvalue weighted by atomic mass is 19.3. The smallest absolute Gasteiger partial charge is 0.387 e. The van der Waals surface area contributed by atoms with E-state index in [1.54, 1.807) is 21.9 Å². The Morgan fingerprint density at radius 1 is 1.07 bits per heavy atom. The van der Waals surface area contributed by atoms with Crippen LogP contribution in [-0.2, 0) is 20.8 Å². The van der Waals surface area contributed by atoms with Crippen LogP contribution in [0.2, 0.25) is 0 Å². The summed E-state index contributed by atoms with van der Waals surface area (Å²) >= 11 is 0. The molecule has 2 aliphatic heterocycles. The van der Waals surface area contributed by atoms with Crippen molar-refractivity contribution in [2.24, 2.45) is 5.92 Å². The van der Waals surface area contributed by atoms with Crippen LogP contribution in [0.4, 0.5) is 8.78 Å². The topological polar surface area (TPSA) is 66.9 Å². The van der Waals surface area contributed by atoms with Crippen molar-refractivity contribution in [3.8, 4) is 5.75 Å². The number of hydrogen-bond acceptors (Lipinski definition) is 4. The van der Waals surface area contributed by atoms with Crippen molar-refractivity contribution >= 4 is 17.6 Å². The molecule has 0 aliphatic carbocycles. The van der Waals surface area contributed by atoms with Crippen molar-refractivity contribution in [1.29, 1.82) is 0 Å². The summed E-state index contributed by atoms with van der Waals surface area (Å²) in [7, 11) is 0. The molecule has 6 nitrogen and oxygen atoms in total. The SMILES string of the molecule is CC(=O)N1CCC[C@@H]1C(=O)N1CCC(C(=O)Cc2ccc(OC(F)F)cc2)CC1. The Hall–Kier alpha value is -2.51. The number of ketones is 1. The lowest BCUT2D eigenvalue weighted by Gasteiger charge is -2.35. The molecule has 2 saturated heterocycles. The molecule has 0 unspecified atom stereocenters. The van der Waals surface area contributed by atoms with Gasteiger partial charge in [-0.3, -0.25) is 14.4 Å². The van der Waals surface area contributed by atoms with E-state index in [4.69, 9.17) is 0 Å². The molecular formula is C21H26F2N2O4. The van der Waals surface area contributed by atoms with Gasteiger partial charge in [0.15, 0.2) is 0 Å². The molecule has 158 valence electrons. The van der Waals surface area contributed by atoms with Gasteiger partial charge in [0, 0.05) is 38.9 Å². The number of ether oxygens (including phenoxy) is 1. The lowest BCUT2D eigenvalue weighted by Crippen LogP contribution is -2.50. The molecule has 2 amide bonds. The third-order valence-corrected chi connectivity index (χ3v) is 5.73. The number of likely N-dealkylation sites (tertiary alicyclic amines) is 2. The molecule has 0 saturated carbocycles. The number of Topliss-reactive ketones (excluding diaryl/α,β-unsaturated/α-hetero) is 1. The van der Waals surface area contributed by atoms with Gasteiger partial charge in [-0.1, -0.05) is 12.1 Å². The van der Waals surface area contributed by atoms with Gasteiger partial charge in [0.2, 0.25) is 11.8 Å². The van der Waals surface area contributed by atoms with E-state index in [-0.39, 0.29) is 41.7 Å². The van der Waals surface area contributed by atoms with Crippen LogP contribution in [0.15, 0.2) is 24.3 Å². The van der Waals surface area contributed by atoms with Gasteiger partial charge in [0.25, 0.3) is 0 Å². The average molecular weight is 408 g/mol. The second-order valence-electron chi connectivity index (χ2n) is 7.64. The Balaban J connectivity index is 1.49. The number of halogens is 2. The zero-order valence-electron chi connectivity index (χ0n) is 16.5. The van der Waals surface area contributed by atoms with Crippen LogP contribution in [0.3, 0.4) is 0 Å².